The van der Waals surface area contributed by atoms with E-state index in [1.807, 2.05) is 45.0 Å². The summed E-state index contributed by atoms with van der Waals surface area (Å²) in [6, 6.07) is 11.5. The molecule has 1 aliphatic heterocycles. The van der Waals surface area contributed by atoms with Crippen molar-refractivity contribution in [1.29, 1.82) is 0 Å². The zero-order valence-electron chi connectivity index (χ0n) is 24.3. The summed E-state index contributed by atoms with van der Waals surface area (Å²) in [5.74, 6) is -0.384. The first-order valence-electron chi connectivity index (χ1n) is 14.8. The molecule has 4 atom stereocenters. The van der Waals surface area contributed by atoms with Crippen LogP contribution < -0.4 is 26.0 Å². The van der Waals surface area contributed by atoms with Crippen LogP contribution >= 0.6 is 0 Å². The Morgan fingerprint density at radius 2 is 1.73 bits per heavy atom. The van der Waals surface area contributed by atoms with Gasteiger partial charge in [0, 0.05) is 12.6 Å². The second-order valence-corrected chi connectivity index (χ2v) is 11.7. The van der Waals surface area contributed by atoms with E-state index in [1.165, 1.54) is 12.1 Å². The second-order valence-electron chi connectivity index (χ2n) is 11.7. The van der Waals surface area contributed by atoms with E-state index in [4.69, 9.17) is 4.74 Å². The summed E-state index contributed by atoms with van der Waals surface area (Å²) in [7, 11) is 0. The third kappa shape index (κ3) is 9.28. The summed E-state index contributed by atoms with van der Waals surface area (Å²) in [6.07, 6.45) is 4.35. The van der Waals surface area contributed by atoms with Crippen LogP contribution in [0.4, 0.5) is 4.39 Å². The van der Waals surface area contributed by atoms with Gasteiger partial charge in [-0.3, -0.25) is 19.7 Å². The van der Waals surface area contributed by atoms with Crippen molar-refractivity contribution in [3.8, 4) is 5.75 Å². The van der Waals surface area contributed by atoms with E-state index < -0.39 is 18.1 Å². The summed E-state index contributed by atoms with van der Waals surface area (Å²) in [5, 5.41) is 12.2. The van der Waals surface area contributed by atoms with Crippen molar-refractivity contribution < 1.29 is 23.5 Å². The smallest absolute Gasteiger partial charge is 0.243 e. The molecule has 1 fully saturated rings. The van der Waals surface area contributed by atoms with Gasteiger partial charge in [0.15, 0.2) is 0 Å². The fraction of sp³-hybridized carbons (Fsp3) is 0.531. The Labute approximate surface area is 242 Å². The molecule has 0 bridgehead atoms. The van der Waals surface area contributed by atoms with E-state index in [2.05, 4.69) is 21.3 Å². The molecule has 0 saturated heterocycles. The molecule has 41 heavy (non-hydrogen) atoms. The quantitative estimate of drug-likeness (QED) is 0.444. The Balaban J connectivity index is 1.59. The highest BCUT2D eigenvalue weighted by Gasteiger charge is 2.34. The Bertz CT molecular complexity index is 1200. The SMILES string of the molecule is CC(C)[C@H]1NC(=O)[C@@H](Cc2cccc(F)c2)N[C@@H](C)COc2ccccc2CCCNC(=O)[C@H](CC2CC2)NC1=O. The Morgan fingerprint density at radius 3 is 2.46 bits per heavy atom. The molecule has 2 aromatic carbocycles. The molecule has 2 aliphatic rings. The number of nitrogens with one attached hydrogen (secondary N) is 4. The summed E-state index contributed by atoms with van der Waals surface area (Å²) >= 11 is 0. The van der Waals surface area contributed by atoms with Gasteiger partial charge in [-0.2, -0.15) is 0 Å². The lowest BCUT2D eigenvalue weighted by molar-refractivity contribution is -0.133. The van der Waals surface area contributed by atoms with E-state index in [9.17, 15) is 18.8 Å². The maximum Gasteiger partial charge on any atom is 0.243 e. The Hall–Kier alpha value is -3.46. The van der Waals surface area contributed by atoms with Crippen LogP contribution in [-0.2, 0) is 27.2 Å². The van der Waals surface area contributed by atoms with Crippen molar-refractivity contribution in [2.75, 3.05) is 13.2 Å². The number of fused-ring (bicyclic) bond motifs is 1. The largest absolute Gasteiger partial charge is 0.492 e. The number of amides is 3. The van der Waals surface area contributed by atoms with Gasteiger partial charge in [-0.1, -0.05) is 57.0 Å². The van der Waals surface area contributed by atoms with Crippen LogP contribution in [0, 0.1) is 17.7 Å². The summed E-state index contributed by atoms with van der Waals surface area (Å²) in [5.41, 5.74) is 1.69. The molecule has 0 radical (unpaired) electrons. The summed E-state index contributed by atoms with van der Waals surface area (Å²) in [4.78, 5) is 40.3. The number of hydrogen-bond acceptors (Lipinski definition) is 5. The highest BCUT2D eigenvalue weighted by Crippen LogP contribution is 2.33. The van der Waals surface area contributed by atoms with Crippen molar-refractivity contribution in [1.82, 2.24) is 21.3 Å². The molecule has 8 nitrogen and oxygen atoms in total. The molecule has 0 aromatic heterocycles. The fourth-order valence-electron chi connectivity index (χ4n) is 5.17. The number of benzene rings is 2. The lowest BCUT2D eigenvalue weighted by atomic mass is 9.99. The predicted octanol–water partition coefficient (Wildman–Crippen LogP) is 3.28. The predicted molar refractivity (Wildman–Crippen MR) is 156 cm³/mol. The summed E-state index contributed by atoms with van der Waals surface area (Å²) in [6.45, 7) is 6.42. The molecule has 222 valence electrons. The van der Waals surface area contributed by atoms with Gasteiger partial charge in [0.05, 0.1) is 6.04 Å². The minimum absolute atomic E-state index is 0.204. The molecule has 0 spiro atoms. The number of halogens is 1. The first-order chi connectivity index (χ1) is 19.7. The molecule has 2 aromatic rings. The number of carbonyl (C=O) groups excluding carboxylic acids is 3. The van der Waals surface area contributed by atoms with E-state index in [1.54, 1.807) is 12.1 Å². The van der Waals surface area contributed by atoms with Crippen LogP contribution in [0.3, 0.4) is 0 Å². The van der Waals surface area contributed by atoms with Crippen molar-refractivity contribution >= 4 is 17.7 Å². The van der Waals surface area contributed by atoms with Gasteiger partial charge in [-0.15, -0.1) is 0 Å². The number of carbonyl (C=O) groups is 3. The highest BCUT2D eigenvalue weighted by molar-refractivity contribution is 5.93. The minimum atomic E-state index is -0.842. The lowest BCUT2D eigenvalue weighted by Gasteiger charge is -2.29. The number of aryl methyl sites for hydroxylation is 1. The van der Waals surface area contributed by atoms with Crippen LogP contribution in [0.1, 0.15) is 57.6 Å². The number of rotatable bonds is 5. The highest BCUT2D eigenvalue weighted by atomic mass is 19.1. The van der Waals surface area contributed by atoms with Crippen molar-refractivity contribution in [2.45, 2.75) is 83.5 Å². The van der Waals surface area contributed by atoms with Gasteiger partial charge >= 0.3 is 0 Å². The number of hydrogen-bond donors (Lipinski definition) is 4. The lowest BCUT2D eigenvalue weighted by Crippen LogP contribution is -2.59. The topological polar surface area (TPSA) is 109 Å². The zero-order chi connectivity index (χ0) is 29.4. The van der Waals surface area contributed by atoms with Gasteiger partial charge in [0.1, 0.15) is 30.3 Å². The van der Waals surface area contributed by atoms with Crippen LogP contribution in [0.25, 0.3) is 0 Å². The second kappa shape index (κ2) is 14.4. The van der Waals surface area contributed by atoms with Gasteiger partial charge in [0.2, 0.25) is 17.7 Å². The monoisotopic (exact) mass is 566 g/mol. The van der Waals surface area contributed by atoms with Crippen molar-refractivity contribution in [2.24, 2.45) is 11.8 Å². The Kier molecular flexibility index (Phi) is 10.7. The first-order valence-corrected chi connectivity index (χ1v) is 14.8. The van der Waals surface area contributed by atoms with Crippen molar-refractivity contribution in [3.63, 3.8) is 0 Å². The van der Waals surface area contributed by atoms with E-state index in [0.717, 1.165) is 37.0 Å². The zero-order valence-corrected chi connectivity index (χ0v) is 24.3. The summed E-state index contributed by atoms with van der Waals surface area (Å²) < 4.78 is 20.1. The van der Waals surface area contributed by atoms with E-state index in [-0.39, 0.29) is 41.9 Å². The number of ether oxygens (including phenoxy) is 1. The molecule has 0 unspecified atom stereocenters. The maximum atomic E-state index is 14.0. The van der Waals surface area contributed by atoms with Crippen LogP contribution in [0.5, 0.6) is 5.75 Å². The third-order valence-corrected chi connectivity index (χ3v) is 7.66. The molecule has 1 saturated carbocycles. The standard InChI is InChI=1S/C32H43FN4O4/c1-20(2)29-32(40)36-26(17-22-13-14-22)30(38)34-15-7-10-24-9-4-5-12-28(24)41-19-21(3)35-27(31(39)37-29)18-23-8-6-11-25(33)16-23/h4-6,8-9,11-12,16,20-22,26-27,29,35H,7,10,13-15,17-19H2,1-3H3,(H,34,38)(H,36,40)(H,37,39)/t21-,26-,27+,29+/m0/s1. The molecule has 3 amide bonds. The third-order valence-electron chi connectivity index (χ3n) is 7.66. The maximum absolute atomic E-state index is 14.0. The number of para-hydroxylation sites is 1. The normalized spacial score (nSPS) is 25.1. The first kappa shape index (κ1) is 30.5. The van der Waals surface area contributed by atoms with Crippen molar-refractivity contribution in [3.05, 3.63) is 65.5 Å². The van der Waals surface area contributed by atoms with Crippen LogP contribution in [0.15, 0.2) is 48.5 Å². The average molecular weight is 567 g/mol. The molecule has 1 heterocycles. The van der Waals surface area contributed by atoms with Crippen LogP contribution in [-0.4, -0.2) is 55.0 Å². The van der Waals surface area contributed by atoms with Crippen LogP contribution in [0.2, 0.25) is 0 Å². The minimum Gasteiger partial charge on any atom is -0.492 e. The fourth-order valence-corrected chi connectivity index (χ4v) is 5.17. The van der Waals surface area contributed by atoms with E-state index in [0.29, 0.717) is 31.1 Å². The molecule has 4 rings (SSSR count). The molecule has 9 heteroatoms. The molecular formula is C32H43FN4O4. The molecular weight excluding hydrogens is 523 g/mol. The van der Waals surface area contributed by atoms with E-state index >= 15 is 0 Å². The van der Waals surface area contributed by atoms with Gasteiger partial charge in [-0.05, 0) is 73.8 Å². The molecule has 1 aliphatic carbocycles. The van der Waals surface area contributed by atoms with Gasteiger partial charge in [0.25, 0.3) is 0 Å². The Morgan fingerprint density at radius 1 is 0.951 bits per heavy atom. The average Bonchev–Trinajstić information content (AvgIpc) is 3.76. The van der Waals surface area contributed by atoms with Gasteiger partial charge < -0.3 is 20.7 Å². The van der Waals surface area contributed by atoms with Gasteiger partial charge in [-0.25, -0.2) is 4.39 Å². The molecule has 4 N–H and O–H groups in total.